The molecule has 0 saturated carbocycles. The van der Waals surface area contributed by atoms with E-state index in [-0.39, 0.29) is 18.8 Å². The number of H-pyrrole nitrogens is 1. The van der Waals surface area contributed by atoms with Gasteiger partial charge in [-0.2, -0.15) is 5.06 Å². The van der Waals surface area contributed by atoms with Crippen LogP contribution in [0.5, 0.6) is 0 Å². The molecule has 1 saturated heterocycles. The molecule has 2 N–H and O–H groups in total. The molecule has 94 valence electrons. The molecule has 0 amide bonds. The van der Waals surface area contributed by atoms with Gasteiger partial charge < -0.3 is 5.11 Å². The van der Waals surface area contributed by atoms with Crippen molar-refractivity contribution in [2.24, 2.45) is 0 Å². The van der Waals surface area contributed by atoms with E-state index in [2.05, 4.69) is 4.98 Å². The fraction of sp³-hybridized carbons (Fsp3) is 0.600. The zero-order chi connectivity index (χ0) is 12.4. The van der Waals surface area contributed by atoms with Gasteiger partial charge in [0.2, 0.25) is 0 Å². The fourth-order valence-electron chi connectivity index (χ4n) is 1.93. The number of rotatable bonds is 3. The number of hydrogen-bond acceptors (Lipinski definition) is 5. The third kappa shape index (κ3) is 2.63. The first kappa shape index (κ1) is 12.0. The van der Waals surface area contributed by atoms with Crippen LogP contribution in [-0.2, 0) is 11.4 Å². The molecular formula is C10H15N3O4. The molecule has 0 bridgehead atoms. The van der Waals surface area contributed by atoms with Crippen LogP contribution in [0, 0.1) is 0 Å². The highest BCUT2D eigenvalue weighted by Crippen LogP contribution is 2.19. The normalized spacial score (nSPS) is 25.3. The van der Waals surface area contributed by atoms with Crippen molar-refractivity contribution >= 4 is 0 Å². The molecule has 0 aromatic carbocycles. The van der Waals surface area contributed by atoms with Crippen molar-refractivity contribution in [3.8, 4) is 0 Å². The van der Waals surface area contributed by atoms with Gasteiger partial charge in [-0.15, -0.1) is 0 Å². The number of aliphatic hydroxyl groups is 1. The Morgan fingerprint density at radius 3 is 2.94 bits per heavy atom. The molecule has 2 rings (SSSR count). The summed E-state index contributed by atoms with van der Waals surface area (Å²) in [6.45, 7) is 0.379. The molecule has 0 radical (unpaired) electrons. The Hall–Kier alpha value is -1.44. The van der Waals surface area contributed by atoms with E-state index in [1.165, 1.54) is 16.8 Å². The number of hydrogen-bond donors (Lipinski definition) is 2. The van der Waals surface area contributed by atoms with Gasteiger partial charge in [0.1, 0.15) is 6.10 Å². The summed E-state index contributed by atoms with van der Waals surface area (Å²) in [6.07, 6.45) is 1.89. The van der Waals surface area contributed by atoms with Crippen molar-refractivity contribution in [2.45, 2.75) is 25.1 Å². The van der Waals surface area contributed by atoms with Crippen molar-refractivity contribution in [3.63, 3.8) is 0 Å². The van der Waals surface area contributed by atoms with E-state index in [9.17, 15) is 9.59 Å². The quantitative estimate of drug-likeness (QED) is 0.675. The minimum absolute atomic E-state index is 0.00996. The second-order valence-electron chi connectivity index (χ2n) is 4.11. The third-order valence-electron chi connectivity index (χ3n) is 2.87. The van der Waals surface area contributed by atoms with Crippen LogP contribution < -0.4 is 11.2 Å². The van der Waals surface area contributed by atoms with Crippen LogP contribution in [0.1, 0.15) is 6.42 Å². The molecule has 7 nitrogen and oxygen atoms in total. The van der Waals surface area contributed by atoms with Gasteiger partial charge in [0.25, 0.3) is 5.56 Å². The molecular weight excluding hydrogens is 226 g/mol. The van der Waals surface area contributed by atoms with Crippen LogP contribution in [0.4, 0.5) is 0 Å². The summed E-state index contributed by atoms with van der Waals surface area (Å²) >= 11 is 0. The van der Waals surface area contributed by atoms with Gasteiger partial charge in [0.05, 0.1) is 12.6 Å². The third-order valence-corrected chi connectivity index (χ3v) is 2.87. The second-order valence-corrected chi connectivity index (χ2v) is 4.11. The highest BCUT2D eigenvalue weighted by Gasteiger charge is 2.30. The van der Waals surface area contributed by atoms with E-state index in [1.807, 2.05) is 0 Å². The van der Waals surface area contributed by atoms with Crippen molar-refractivity contribution in [2.75, 3.05) is 13.7 Å². The Bertz CT molecular complexity index is 495. The lowest BCUT2D eigenvalue weighted by Crippen LogP contribution is -2.36. The molecule has 0 unspecified atom stereocenters. The van der Waals surface area contributed by atoms with Crippen molar-refractivity contribution in [3.05, 3.63) is 33.1 Å². The molecule has 17 heavy (non-hydrogen) atoms. The number of nitrogens with one attached hydrogen (secondary N) is 1. The first-order chi connectivity index (χ1) is 8.10. The largest absolute Gasteiger partial charge is 0.394 e. The van der Waals surface area contributed by atoms with E-state index < -0.39 is 11.2 Å². The first-order valence-corrected chi connectivity index (χ1v) is 5.40. The summed E-state index contributed by atoms with van der Waals surface area (Å²) in [6, 6.07) is 1.32. The van der Waals surface area contributed by atoms with Crippen molar-refractivity contribution in [1.29, 1.82) is 0 Å². The molecule has 2 heterocycles. The molecule has 0 aliphatic carbocycles. The van der Waals surface area contributed by atoms with E-state index in [1.54, 1.807) is 12.1 Å². The van der Waals surface area contributed by atoms with Gasteiger partial charge in [-0.25, -0.2) is 4.79 Å². The number of nitrogens with zero attached hydrogens (tertiary/aromatic N) is 2. The van der Waals surface area contributed by atoms with Gasteiger partial charge in [-0.05, 0) is 6.42 Å². The number of likely N-dealkylation sites (N-methyl/N-ethyl adjacent to an activating group) is 1. The van der Waals surface area contributed by atoms with E-state index in [0.717, 1.165) is 0 Å². The minimum atomic E-state index is -0.432. The Labute approximate surface area is 97.2 Å². The molecule has 1 aliphatic heterocycles. The summed E-state index contributed by atoms with van der Waals surface area (Å²) in [7, 11) is 1.76. The first-order valence-electron chi connectivity index (χ1n) is 5.40. The van der Waals surface area contributed by atoms with Gasteiger partial charge in [0.15, 0.2) is 0 Å². The van der Waals surface area contributed by atoms with Crippen LogP contribution in [-0.4, -0.2) is 45.5 Å². The van der Waals surface area contributed by atoms with Crippen molar-refractivity contribution < 1.29 is 9.94 Å². The van der Waals surface area contributed by atoms with Crippen LogP contribution in [0.25, 0.3) is 0 Å². The van der Waals surface area contributed by atoms with Crippen LogP contribution in [0.15, 0.2) is 21.9 Å². The zero-order valence-electron chi connectivity index (χ0n) is 9.50. The van der Waals surface area contributed by atoms with Crippen molar-refractivity contribution in [1.82, 2.24) is 14.6 Å². The summed E-state index contributed by atoms with van der Waals surface area (Å²) in [5, 5.41) is 10.6. The summed E-state index contributed by atoms with van der Waals surface area (Å²) in [5.74, 6) is 0. The average molecular weight is 241 g/mol. The monoisotopic (exact) mass is 241 g/mol. The number of aliphatic hydroxyl groups excluding tert-OH is 1. The topological polar surface area (TPSA) is 87.6 Å². The zero-order valence-corrected chi connectivity index (χ0v) is 9.50. The molecule has 1 fully saturated rings. The van der Waals surface area contributed by atoms with E-state index in [0.29, 0.717) is 13.0 Å². The molecule has 1 aromatic heterocycles. The smallest absolute Gasteiger partial charge is 0.328 e. The van der Waals surface area contributed by atoms with Crippen LogP contribution >= 0.6 is 0 Å². The Balaban J connectivity index is 2.11. The van der Waals surface area contributed by atoms with Crippen LogP contribution in [0.3, 0.4) is 0 Å². The summed E-state index contributed by atoms with van der Waals surface area (Å²) < 4.78 is 1.42. The Morgan fingerprint density at radius 1 is 1.59 bits per heavy atom. The minimum Gasteiger partial charge on any atom is -0.394 e. The maximum Gasteiger partial charge on any atom is 0.328 e. The van der Waals surface area contributed by atoms with Crippen LogP contribution in [0.2, 0.25) is 0 Å². The molecule has 7 heteroatoms. The standard InChI is InChI=1S/C10H15N3O4/c1-12-7(4-8(6-14)17-12)5-13-3-2-9(15)11-10(13)16/h2-3,7-8,14H,4-6H2,1H3,(H,11,15,16)/t7-,8-/m0/s1. The predicted octanol–water partition coefficient (Wildman–Crippen LogP) is -1.47. The maximum absolute atomic E-state index is 11.5. The Morgan fingerprint density at radius 2 is 2.35 bits per heavy atom. The van der Waals surface area contributed by atoms with E-state index >= 15 is 0 Å². The predicted molar refractivity (Wildman–Crippen MR) is 59.4 cm³/mol. The Kier molecular flexibility index (Phi) is 3.41. The van der Waals surface area contributed by atoms with E-state index in [4.69, 9.17) is 9.94 Å². The summed E-state index contributed by atoms with van der Waals surface area (Å²) in [4.78, 5) is 29.9. The molecule has 1 aliphatic rings. The number of hydroxylamine groups is 2. The average Bonchev–Trinajstić information content (AvgIpc) is 2.64. The van der Waals surface area contributed by atoms with Gasteiger partial charge >= 0.3 is 5.69 Å². The lowest BCUT2D eigenvalue weighted by molar-refractivity contribution is -0.153. The summed E-state index contributed by atoms with van der Waals surface area (Å²) in [5.41, 5.74) is -0.839. The number of aromatic nitrogens is 2. The van der Waals surface area contributed by atoms with Gasteiger partial charge in [0, 0.05) is 25.9 Å². The SMILES string of the molecule is CN1O[C@H](CO)C[C@H]1Cn1ccc(=O)[nH]c1=O. The highest BCUT2D eigenvalue weighted by atomic mass is 16.7. The molecule has 0 spiro atoms. The lowest BCUT2D eigenvalue weighted by Gasteiger charge is -2.17. The number of aromatic amines is 1. The molecule has 1 aromatic rings. The highest BCUT2D eigenvalue weighted by molar-refractivity contribution is 4.85. The van der Waals surface area contributed by atoms with Gasteiger partial charge in [-0.3, -0.25) is 19.2 Å². The lowest BCUT2D eigenvalue weighted by atomic mass is 10.1. The molecule has 2 atom stereocenters. The van der Waals surface area contributed by atoms with Gasteiger partial charge in [-0.1, -0.05) is 0 Å². The maximum atomic E-state index is 11.5. The second kappa shape index (κ2) is 4.82. The fourth-order valence-corrected chi connectivity index (χ4v) is 1.93.